The fourth-order valence-corrected chi connectivity index (χ4v) is 5.78. The fourth-order valence-electron chi connectivity index (χ4n) is 4.86. The lowest BCUT2D eigenvalue weighted by atomic mass is 9.96. The second kappa shape index (κ2) is 11.2. The topological polar surface area (TPSA) is 104 Å². The number of halogens is 2. The number of aromatic nitrogens is 1. The van der Waals surface area contributed by atoms with E-state index in [0.717, 1.165) is 33.6 Å². The molecule has 3 N–H and O–H groups in total. The summed E-state index contributed by atoms with van der Waals surface area (Å²) < 4.78 is 31.8. The number of carbonyl (C=O) groups is 2. The normalized spacial score (nSPS) is 20.4. The number of carbonyl (C=O) groups excluding carboxylic acids is 2. The van der Waals surface area contributed by atoms with Crippen LogP contribution in [0.4, 0.5) is 13.9 Å². The maximum absolute atomic E-state index is 13.1. The van der Waals surface area contributed by atoms with Gasteiger partial charge < -0.3 is 20.5 Å². The summed E-state index contributed by atoms with van der Waals surface area (Å²) in [5.41, 5.74) is 4.33. The Balaban J connectivity index is 1.15. The number of aliphatic hydroxyl groups excluding tert-OH is 1. The number of hydrogen-bond donors (Lipinski definition) is 3. The number of amides is 2. The molecule has 2 aliphatic rings. The van der Waals surface area contributed by atoms with E-state index in [2.05, 4.69) is 20.5 Å². The van der Waals surface area contributed by atoms with Crippen molar-refractivity contribution in [3.05, 3.63) is 75.3 Å². The SMILES string of the molecule is CC(=O)Nc1nc(C)c(C(=O)N[C@@H](C)c2ccc(CN3Cc4ccc(OCC5CC5(F)F)cc4C(O)C3)cc2)s1. The van der Waals surface area contributed by atoms with Crippen molar-refractivity contribution in [2.75, 3.05) is 18.5 Å². The van der Waals surface area contributed by atoms with Gasteiger partial charge in [-0.25, -0.2) is 13.8 Å². The number of alkyl halides is 2. The zero-order valence-corrected chi connectivity index (χ0v) is 23.4. The van der Waals surface area contributed by atoms with Crippen molar-refractivity contribution in [2.45, 2.75) is 58.3 Å². The second-order valence-corrected chi connectivity index (χ2v) is 11.6. The van der Waals surface area contributed by atoms with Crippen LogP contribution in [0.5, 0.6) is 5.75 Å². The highest BCUT2D eigenvalue weighted by Gasteiger charge is 2.57. The molecular weight excluding hydrogens is 538 g/mol. The van der Waals surface area contributed by atoms with E-state index in [1.165, 1.54) is 6.92 Å². The first-order chi connectivity index (χ1) is 19.0. The molecule has 1 aromatic heterocycles. The molecule has 0 spiro atoms. The molecule has 3 atom stereocenters. The highest BCUT2D eigenvalue weighted by Crippen LogP contribution is 2.48. The Labute approximate surface area is 235 Å². The average molecular weight is 571 g/mol. The molecular formula is C29H32F2N4O4S. The number of anilines is 1. The van der Waals surface area contributed by atoms with Gasteiger partial charge in [-0.1, -0.05) is 41.7 Å². The van der Waals surface area contributed by atoms with Gasteiger partial charge >= 0.3 is 0 Å². The van der Waals surface area contributed by atoms with Crippen LogP contribution in [-0.2, 0) is 17.9 Å². The van der Waals surface area contributed by atoms with Crippen LogP contribution < -0.4 is 15.4 Å². The minimum atomic E-state index is -2.61. The van der Waals surface area contributed by atoms with E-state index in [1.807, 2.05) is 37.3 Å². The number of nitrogens with one attached hydrogen (secondary N) is 2. The van der Waals surface area contributed by atoms with Gasteiger partial charge in [-0.2, -0.15) is 0 Å². The minimum absolute atomic E-state index is 0.0171. The number of nitrogens with zero attached hydrogens (tertiary/aromatic N) is 2. The van der Waals surface area contributed by atoms with E-state index in [1.54, 1.807) is 19.1 Å². The Morgan fingerprint density at radius 2 is 1.98 bits per heavy atom. The van der Waals surface area contributed by atoms with E-state index < -0.39 is 17.9 Å². The van der Waals surface area contributed by atoms with E-state index in [0.29, 0.717) is 41.1 Å². The van der Waals surface area contributed by atoms with Crippen molar-refractivity contribution in [3.8, 4) is 5.75 Å². The number of fused-ring (bicyclic) bond motifs is 1. The molecule has 5 rings (SSSR count). The number of hydrogen-bond acceptors (Lipinski definition) is 7. The number of β-amino-alcohol motifs (C(OH)–C–C–N with tert-alkyl or cyclic N) is 1. The van der Waals surface area contributed by atoms with Crippen molar-refractivity contribution in [1.29, 1.82) is 0 Å². The van der Waals surface area contributed by atoms with Gasteiger partial charge in [-0.05, 0) is 48.2 Å². The smallest absolute Gasteiger partial charge is 0.263 e. The maximum Gasteiger partial charge on any atom is 0.263 e. The number of aryl methyl sites for hydroxylation is 1. The summed E-state index contributed by atoms with van der Waals surface area (Å²) in [5, 5.41) is 16.8. The quantitative estimate of drug-likeness (QED) is 0.335. The molecule has 1 fully saturated rings. The van der Waals surface area contributed by atoms with Gasteiger partial charge in [0, 0.05) is 33.0 Å². The van der Waals surface area contributed by atoms with Gasteiger partial charge in [0.05, 0.1) is 30.4 Å². The average Bonchev–Trinajstić information content (AvgIpc) is 3.34. The van der Waals surface area contributed by atoms with Crippen molar-refractivity contribution in [3.63, 3.8) is 0 Å². The first-order valence-electron chi connectivity index (χ1n) is 13.2. The van der Waals surface area contributed by atoms with E-state index in [9.17, 15) is 23.5 Å². The van der Waals surface area contributed by atoms with E-state index in [4.69, 9.17) is 4.74 Å². The van der Waals surface area contributed by atoms with Gasteiger partial charge in [0.1, 0.15) is 10.6 Å². The first kappa shape index (κ1) is 28.1. The van der Waals surface area contributed by atoms with Crippen LogP contribution >= 0.6 is 11.3 Å². The first-order valence-corrected chi connectivity index (χ1v) is 14.0. The van der Waals surface area contributed by atoms with Gasteiger partial charge in [0.2, 0.25) is 5.91 Å². The summed E-state index contributed by atoms with van der Waals surface area (Å²) in [7, 11) is 0. The second-order valence-electron chi connectivity index (χ2n) is 10.6. The van der Waals surface area contributed by atoms with Crippen molar-refractivity contribution >= 4 is 28.3 Å². The number of benzene rings is 2. The molecule has 0 saturated heterocycles. The summed E-state index contributed by atoms with van der Waals surface area (Å²) in [6.45, 7) is 6.75. The number of ether oxygens (including phenoxy) is 1. The van der Waals surface area contributed by atoms with Gasteiger partial charge in [0.25, 0.3) is 11.8 Å². The largest absolute Gasteiger partial charge is 0.493 e. The Hall–Kier alpha value is -3.41. The Morgan fingerprint density at radius 1 is 1.25 bits per heavy atom. The summed E-state index contributed by atoms with van der Waals surface area (Å²) in [6, 6.07) is 13.2. The van der Waals surface area contributed by atoms with E-state index >= 15 is 0 Å². The molecule has 0 bridgehead atoms. The zero-order chi connectivity index (χ0) is 28.6. The Kier molecular flexibility index (Phi) is 7.89. The van der Waals surface area contributed by atoms with Crippen LogP contribution in [-0.4, -0.2) is 45.9 Å². The lowest BCUT2D eigenvalue weighted by Crippen LogP contribution is -2.33. The highest BCUT2D eigenvalue weighted by atomic mass is 32.1. The number of aliphatic hydroxyl groups is 1. The predicted molar refractivity (Wildman–Crippen MR) is 148 cm³/mol. The van der Waals surface area contributed by atoms with Crippen molar-refractivity contribution in [1.82, 2.24) is 15.2 Å². The summed E-state index contributed by atoms with van der Waals surface area (Å²) in [5.74, 6) is -3.31. The van der Waals surface area contributed by atoms with Crippen LogP contribution in [0.3, 0.4) is 0 Å². The van der Waals surface area contributed by atoms with Crippen LogP contribution in [0.25, 0.3) is 0 Å². The zero-order valence-electron chi connectivity index (χ0n) is 22.5. The lowest BCUT2D eigenvalue weighted by molar-refractivity contribution is -0.114. The number of thiazole rings is 1. The van der Waals surface area contributed by atoms with Crippen LogP contribution in [0, 0.1) is 12.8 Å². The van der Waals surface area contributed by atoms with Gasteiger partial charge in [-0.3, -0.25) is 14.5 Å². The molecule has 2 aromatic carbocycles. The molecule has 11 heteroatoms. The Bertz CT molecular complexity index is 1410. The summed E-state index contributed by atoms with van der Waals surface area (Å²) in [4.78, 5) is 30.9. The number of rotatable bonds is 9. The van der Waals surface area contributed by atoms with Gasteiger partial charge in [-0.15, -0.1) is 0 Å². The molecule has 2 amide bonds. The highest BCUT2D eigenvalue weighted by molar-refractivity contribution is 7.17. The molecule has 2 heterocycles. The van der Waals surface area contributed by atoms with Crippen LogP contribution in [0.2, 0.25) is 0 Å². The molecule has 212 valence electrons. The molecule has 0 radical (unpaired) electrons. The van der Waals surface area contributed by atoms with Gasteiger partial charge in [0.15, 0.2) is 5.13 Å². The molecule has 1 aliphatic heterocycles. The lowest BCUT2D eigenvalue weighted by Gasteiger charge is -2.32. The molecule has 3 aromatic rings. The third-order valence-electron chi connectivity index (χ3n) is 7.23. The monoisotopic (exact) mass is 570 g/mol. The fraction of sp³-hybridized carbons (Fsp3) is 0.414. The molecule has 1 aliphatic carbocycles. The van der Waals surface area contributed by atoms with E-state index in [-0.39, 0.29) is 30.9 Å². The summed E-state index contributed by atoms with van der Waals surface area (Å²) >= 11 is 1.14. The minimum Gasteiger partial charge on any atom is -0.493 e. The molecule has 1 saturated carbocycles. The predicted octanol–water partition coefficient (Wildman–Crippen LogP) is 4.98. The maximum atomic E-state index is 13.1. The molecule has 8 nitrogen and oxygen atoms in total. The van der Waals surface area contributed by atoms with Crippen LogP contribution in [0.1, 0.15) is 70.0 Å². The third kappa shape index (κ3) is 6.48. The standard InChI is InChI=1S/C29H32F2N4O4S/c1-16(32-27(38)26-17(2)33-28(40-26)34-18(3)36)20-6-4-19(5-7-20)12-35-13-21-8-9-23(10-24(21)25(37)14-35)39-15-22-11-29(22,30)31/h4-10,16,22,25,37H,11-15H2,1-3H3,(H,32,38)(H,33,34,36)/t16-,22?,25?/m0/s1. The van der Waals surface area contributed by atoms with Crippen molar-refractivity contribution in [2.24, 2.45) is 5.92 Å². The van der Waals surface area contributed by atoms with Crippen LogP contribution in [0.15, 0.2) is 42.5 Å². The summed E-state index contributed by atoms with van der Waals surface area (Å²) in [6.07, 6.45) is -0.830. The van der Waals surface area contributed by atoms with Crippen molar-refractivity contribution < 1.29 is 28.2 Å². The third-order valence-corrected chi connectivity index (χ3v) is 8.30. The Morgan fingerprint density at radius 3 is 2.65 bits per heavy atom. The molecule has 2 unspecified atom stereocenters. The molecule has 40 heavy (non-hydrogen) atoms.